The molecule has 4 aromatic carbocycles. The van der Waals surface area contributed by atoms with Gasteiger partial charge in [0.1, 0.15) is 24.2 Å². The van der Waals surface area contributed by atoms with Crippen molar-refractivity contribution >= 4 is 65.7 Å². The van der Waals surface area contributed by atoms with Gasteiger partial charge in [0.05, 0.1) is 113 Å². The van der Waals surface area contributed by atoms with Gasteiger partial charge in [-0.1, -0.05) is 269 Å². The molecule has 0 fully saturated rings. The standard InChI is InChI=1S/C43H67N5O7Si.C43H67N5O6Si.C27H53N3O4Si/c1-32(2)55-56(5,6)27-19-13-11-9-7-8-10-12-18-26-48-42-37-22-16-17-23-38(37)47(29-33-20-14-15-21-36(33)41(42)45-46-48)40(51)25-24-39(50)44-43(52)34(31-53-3)28-35(30-49)54-4;1-6-51-29-30-53-32-31-52-28-25-40(49)44-26-24-41(50)47-34-36-20-14-15-21-37(36)42-43(38-22-16-17-23-39(38)47)48(46-45-42)27-18-12-10-8-7-9-11-13-19-33-55(4,5)54-35(2)3;1-7-9-10-11-12-13-14-15-16-27(35(5,6)34-24(3)4)30-22-25(28-29-30)17-18-26(31)23-33-21-20-32-19-8-2/h14-17,20-23,32,34-35,43,49,52H,7-13,18-19,24-31H2,1-6H3,(H,44,50);14-17,20-23,35H,6-13,18-19,24-34H2,1-5H3,(H,44,49);22,24,27H,7-21,23H2,1-6H3/t34-,35+,43-;;/m1../s1. The summed E-state index contributed by atoms with van der Waals surface area (Å²) in [6.07, 6.45) is 37.3. The molecule has 4 atom stereocenters. The van der Waals surface area contributed by atoms with Crippen molar-refractivity contribution in [1.29, 1.82) is 0 Å². The number of aromatic nitrogens is 9. The summed E-state index contributed by atoms with van der Waals surface area (Å²) in [5.74, 6) is -1.29. The van der Waals surface area contributed by atoms with Crippen LogP contribution >= 0.6 is 0 Å². The van der Waals surface area contributed by atoms with Crippen LogP contribution in [0.2, 0.25) is 51.4 Å². The van der Waals surface area contributed by atoms with Crippen LogP contribution in [-0.4, -0.2) is 240 Å². The van der Waals surface area contributed by atoms with Crippen molar-refractivity contribution in [2.24, 2.45) is 5.92 Å². The molecular formula is C113H187N13O17Si3. The van der Waals surface area contributed by atoms with Gasteiger partial charge in [0.25, 0.3) is 0 Å². The maximum atomic E-state index is 14.0. The van der Waals surface area contributed by atoms with E-state index < -0.39 is 49.1 Å². The molecule has 3 aromatic heterocycles. The van der Waals surface area contributed by atoms with Gasteiger partial charge in [-0.3, -0.25) is 24.0 Å². The fourth-order valence-corrected chi connectivity index (χ4v) is 27.4. The summed E-state index contributed by atoms with van der Waals surface area (Å²) in [5.41, 5.74) is 11.8. The Kier molecular flexibility index (Phi) is 60.7. The van der Waals surface area contributed by atoms with Crippen LogP contribution in [0, 0.1) is 5.92 Å². The van der Waals surface area contributed by atoms with Gasteiger partial charge in [-0.15, -0.1) is 15.3 Å². The minimum atomic E-state index is -2.02. The van der Waals surface area contributed by atoms with E-state index in [-0.39, 0.29) is 93.7 Å². The first-order chi connectivity index (χ1) is 70.5. The van der Waals surface area contributed by atoms with Gasteiger partial charge in [0, 0.05) is 138 Å². The summed E-state index contributed by atoms with van der Waals surface area (Å²) in [6, 6.07) is 34.5. The first-order valence-corrected chi connectivity index (χ1v) is 64.7. The van der Waals surface area contributed by atoms with Gasteiger partial charge in [-0.2, -0.15) is 0 Å². The zero-order valence-electron chi connectivity index (χ0n) is 92.5. The fraction of sp³-hybridized carbons (Fsp3) is 0.690. The molecule has 4 N–H and O–H groups in total. The van der Waals surface area contributed by atoms with E-state index in [0.29, 0.717) is 91.0 Å². The number of hydrogen-bond donors (Lipinski definition) is 4. The smallest absolute Gasteiger partial charge is 0.229 e. The summed E-state index contributed by atoms with van der Waals surface area (Å²) in [4.78, 5) is 69.2. The van der Waals surface area contributed by atoms with Crippen molar-refractivity contribution < 1.29 is 80.6 Å². The number of carbonyl (C=O) groups is 5. The maximum absolute atomic E-state index is 14.0. The van der Waals surface area contributed by atoms with Crippen LogP contribution in [0.25, 0.3) is 45.0 Å². The average molecular weight is 2080 g/mol. The molecule has 4 amide bonds. The van der Waals surface area contributed by atoms with E-state index in [0.717, 1.165) is 131 Å². The normalized spacial score (nSPS) is 13.4. The van der Waals surface area contributed by atoms with Crippen molar-refractivity contribution in [2.45, 2.75) is 401 Å². The van der Waals surface area contributed by atoms with Crippen LogP contribution in [0.3, 0.4) is 0 Å². The Hall–Kier alpha value is -7.98. The highest BCUT2D eigenvalue weighted by molar-refractivity contribution is 6.72. The highest BCUT2D eigenvalue weighted by atomic mass is 28.4. The third kappa shape index (κ3) is 46.9. The lowest BCUT2D eigenvalue weighted by molar-refractivity contribution is -0.129. The molecule has 0 aliphatic carbocycles. The first-order valence-electron chi connectivity index (χ1n) is 55.5. The second kappa shape index (κ2) is 71.0. The summed E-state index contributed by atoms with van der Waals surface area (Å²) in [6.45, 7) is 40.2. The van der Waals surface area contributed by atoms with E-state index in [1.807, 2.05) is 111 Å². The third-order valence-corrected chi connectivity index (χ3v) is 35.2. The molecule has 0 bridgehead atoms. The number of nitrogens with zero attached hydrogens (tertiary/aromatic N) is 11. The number of hydrogen-bond acceptors (Lipinski definition) is 23. The highest BCUT2D eigenvalue weighted by Crippen LogP contribution is 2.44. The number of aryl methyl sites for hydroxylation is 3. The van der Waals surface area contributed by atoms with E-state index in [1.165, 1.54) is 168 Å². The van der Waals surface area contributed by atoms with Gasteiger partial charge in [0.15, 0.2) is 22.4 Å². The zero-order valence-corrected chi connectivity index (χ0v) is 95.5. The number of ether oxygens (including phenoxy) is 7. The maximum Gasteiger partial charge on any atom is 0.229 e. The fourth-order valence-electron chi connectivity index (χ4n) is 19.4. The molecule has 7 aromatic rings. The van der Waals surface area contributed by atoms with Crippen LogP contribution in [-0.2, 0) is 103 Å². The molecule has 818 valence electrons. The predicted molar refractivity (Wildman–Crippen MR) is 591 cm³/mol. The number of fused-ring (bicyclic) bond motifs is 10. The molecule has 0 saturated heterocycles. The Morgan fingerprint density at radius 1 is 0.452 bits per heavy atom. The minimum absolute atomic E-state index is 0.0569. The number of rotatable bonds is 75. The zero-order chi connectivity index (χ0) is 106. The molecule has 2 aliphatic rings. The second-order valence-corrected chi connectivity index (χ2v) is 54.4. The van der Waals surface area contributed by atoms with Crippen LogP contribution in [0.15, 0.2) is 103 Å². The third-order valence-electron chi connectivity index (χ3n) is 26.7. The number of para-hydroxylation sites is 2. The molecule has 30 nitrogen and oxygen atoms in total. The number of amides is 4. The Morgan fingerprint density at radius 2 is 0.897 bits per heavy atom. The number of ketones is 1. The van der Waals surface area contributed by atoms with Gasteiger partial charge < -0.3 is 77.1 Å². The minimum Gasteiger partial charge on any atom is -0.415 e. The highest BCUT2D eigenvalue weighted by Gasteiger charge is 2.38. The molecule has 146 heavy (non-hydrogen) atoms. The lowest BCUT2D eigenvalue weighted by Gasteiger charge is -2.33. The van der Waals surface area contributed by atoms with Gasteiger partial charge in [-0.05, 0) is 155 Å². The quantitative estimate of drug-likeness (QED) is 0.0156. The molecule has 0 radical (unpaired) electrons. The number of methoxy groups -OCH3 is 2. The number of nitrogens with one attached hydrogen (secondary N) is 2. The molecule has 1 unspecified atom stereocenters. The van der Waals surface area contributed by atoms with E-state index in [9.17, 15) is 34.2 Å². The number of anilines is 2. The van der Waals surface area contributed by atoms with Crippen molar-refractivity contribution in [3.63, 3.8) is 0 Å². The Balaban J connectivity index is 0.000000306. The SMILES string of the molecule is CCCCCCCCCCC(n1cc(CCC(=O)COCCOCCC)nn1)[Si](C)(C)OC(C)C.CCOCCOCCOCCC(=O)NCCC(=O)N1Cc2ccccc2-c2nnn(CCCCCCCCCCC[Si](C)(C)OC(C)C)c2-c2ccccc21.COC[C@@H](C[C@@H](CO)OC)[C@@H](O)NC(=O)CCC(=O)N1Cc2ccccc2-c2nnn(CCCCCCCCCCC[Si](C)(C)OC(C)C)c2-c2ccccc21. The molecule has 2 aliphatic heterocycles. The lowest BCUT2D eigenvalue weighted by atomic mass is 9.95. The lowest BCUT2D eigenvalue weighted by Crippen LogP contribution is -2.44. The monoisotopic (exact) mass is 2080 g/mol. The van der Waals surface area contributed by atoms with Crippen molar-refractivity contribution in [3.05, 3.63) is 120 Å². The molecule has 0 saturated carbocycles. The number of carbonyl (C=O) groups excluding carboxylic acids is 5. The summed E-state index contributed by atoms with van der Waals surface area (Å²) >= 11 is 0. The summed E-state index contributed by atoms with van der Waals surface area (Å²) in [7, 11) is -2.07. The van der Waals surface area contributed by atoms with Crippen LogP contribution in [0.1, 0.15) is 303 Å². The number of aliphatic hydroxyl groups is 2. The van der Waals surface area contributed by atoms with Crippen LogP contribution < -0.4 is 20.4 Å². The number of Topliss-reactive ketones (excluding diaryl/α,β-unsaturated/α-hetero) is 1. The van der Waals surface area contributed by atoms with E-state index in [4.69, 9.17) is 56.6 Å². The van der Waals surface area contributed by atoms with Crippen LogP contribution in [0.4, 0.5) is 11.4 Å². The van der Waals surface area contributed by atoms with Gasteiger partial charge in [0.2, 0.25) is 31.9 Å². The largest absolute Gasteiger partial charge is 0.415 e. The van der Waals surface area contributed by atoms with Gasteiger partial charge in [-0.25, -0.2) is 14.0 Å². The Bertz CT molecular complexity index is 4780. The molecular weight excluding hydrogens is 1900 g/mol. The predicted octanol–water partition coefficient (Wildman–Crippen LogP) is 22.5. The van der Waals surface area contributed by atoms with Crippen molar-refractivity contribution in [2.75, 3.05) is 110 Å². The summed E-state index contributed by atoms with van der Waals surface area (Å²) in [5, 5.41) is 53.5. The van der Waals surface area contributed by atoms with Crippen molar-refractivity contribution in [3.8, 4) is 45.0 Å². The molecule has 0 spiro atoms. The van der Waals surface area contributed by atoms with Crippen LogP contribution in [0.5, 0.6) is 0 Å². The molecule has 5 heterocycles. The second-order valence-electron chi connectivity index (χ2n) is 41.8. The number of unbranched alkanes of at least 4 members (excludes halogenated alkanes) is 23. The van der Waals surface area contributed by atoms with E-state index in [2.05, 4.69) is 144 Å². The van der Waals surface area contributed by atoms with E-state index in [1.54, 1.807) is 4.90 Å². The van der Waals surface area contributed by atoms with Gasteiger partial charge >= 0.3 is 0 Å². The van der Waals surface area contributed by atoms with Crippen molar-refractivity contribution in [1.82, 2.24) is 55.6 Å². The number of aliphatic hydroxyl groups excluding tert-OH is 2. The number of benzene rings is 4. The first kappa shape index (κ1) is 125. The molecule has 33 heteroatoms. The summed E-state index contributed by atoms with van der Waals surface area (Å²) < 4.78 is 62.3. The topological polar surface area (TPSA) is 341 Å². The Labute approximate surface area is 878 Å². The average Bonchev–Trinajstić information content (AvgIpc) is 1.55. The van der Waals surface area contributed by atoms with E-state index >= 15 is 0 Å². The Morgan fingerprint density at radius 3 is 1.38 bits per heavy atom. The molecule has 9 rings (SSSR count).